The van der Waals surface area contributed by atoms with Crippen molar-refractivity contribution in [2.24, 2.45) is 0 Å². The van der Waals surface area contributed by atoms with Crippen molar-refractivity contribution in [3.63, 3.8) is 0 Å². The van der Waals surface area contributed by atoms with Gasteiger partial charge in [-0.25, -0.2) is 0 Å². The van der Waals surface area contributed by atoms with Crippen molar-refractivity contribution < 1.29 is 5.11 Å². The second-order valence-corrected chi connectivity index (χ2v) is 4.20. The van der Waals surface area contributed by atoms with Crippen LogP contribution in [-0.2, 0) is 0 Å². The quantitative estimate of drug-likeness (QED) is 0.794. The summed E-state index contributed by atoms with van der Waals surface area (Å²) in [6, 6.07) is 7.30. The second-order valence-electron chi connectivity index (χ2n) is 4.20. The summed E-state index contributed by atoms with van der Waals surface area (Å²) in [6.45, 7) is 3.61. The largest absolute Gasteiger partial charge is 0.384 e. The fourth-order valence-electron chi connectivity index (χ4n) is 1.80. The average molecular weight is 241 g/mol. The van der Waals surface area contributed by atoms with Crippen LogP contribution in [0.15, 0.2) is 46.9 Å². The Morgan fingerprint density at radius 2 is 2.17 bits per heavy atom. The van der Waals surface area contributed by atoms with Crippen molar-refractivity contribution in [1.29, 1.82) is 0 Å². The number of fused-ring (bicyclic) bond motifs is 1. The molecule has 0 aliphatic carbocycles. The topological polar surface area (TPSA) is 53.1 Å². The van der Waals surface area contributed by atoms with E-state index in [1.807, 2.05) is 19.1 Å². The lowest BCUT2D eigenvalue weighted by molar-refractivity contribution is 0.229. The maximum atomic E-state index is 11.5. The minimum absolute atomic E-state index is 0.0791. The predicted octanol–water partition coefficient (Wildman–Crippen LogP) is 2.60. The van der Waals surface area contributed by atoms with Gasteiger partial charge in [0.2, 0.25) is 0 Å². The van der Waals surface area contributed by atoms with Crippen molar-refractivity contribution in [2.45, 2.75) is 20.0 Å². The van der Waals surface area contributed by atoms with Gasteiger partial charge in [0.05, 0.1) is 0 Å². The third kappa shape index (κ3) is 2.43. The van der Waals surface area contributed by atoms with Gasteiger partial charge >= 0.3 is 0 Å². The molecule has 0 amide bonds. The third-order valence-electron chi connectivity index (χ3n) is 2.82. The molecule has 0 radical (unpaired) electrons. The third-order valence-corrected chi connectivity index (χ3v) is 2.82. The van der Waals surface area contributed by atoms with Crippen molar-refractivity contribution in [3.05, 3.63) is 63.6 Å². The highest BCUT2D eigenvalue weighted by Crippen LogP contribution is 2.19. The summed E-state index contributed by atoms with van der Waals surface area (Å²) in [5.74, 6) is 0. The lowest BCUT2D eigenvalue weighted by Gasteiger charge is -2.07. The van der Waals surface area contributed by atoms with Crippen LogP contribution < -0.4 is 5.56 Å². The van der Waals surface area contributed by atoms with Crippen LogP contribution in [0.3, 0.4) is 0 Å². The van der Waals surface area contributed by atoms with Gasteiger partial charge in [0, 0.05) is 11.1 Å². The van der Waals surface area contributed by atoms with E-state index in [1.54, 1.807) is 31.2 Å². The molecule has 0 fully saturated rings. The number of pyridine rings is 1. The molecule has 0 saturated carbocycles. The Hall–Kier alpha value is -2.09. The van der Waals surface area contributed by atoms with E-state index in [0.29, 0.717) is 5.56 Å². The Kier molecular flexibility index (Phi) is 3.47. The molecule has 0 saturated heterocycles. The number of nitrogens with one attached hydrogen (secondary N) is 1. The van der Waals surface area contributed by atoms with Crippen LogP contribution >= 0.6 is 0 Å². The van der Waals surface area contributed by atoms with Crippen LogP contribution in [0.2, 0.25) is 0 Å². The van der Waals surface area contributed by atoms with Crippen LogP contribution in [-0.4, -0.2) is 10.1 Å². The van der Waals surface area contributed by atoms with Crippen LogP contribution in [0.5, 0.6) is 0 Å². The van der Waals surface area contributed by atoms with E-state index in [1.165, 1.54) is 0 Å². The number of aliphatic hydroxyl groups excluding tert-OH is 1. The Morgan fingerprint density at radius 1 is 1.39 bits per heavy atom. The molecule has 0 aliphatic rings. The zero-order valence-corrected chi connectivity index (χ0v) is 10.4. The zero-order valence-electron chi connectivity index (χ0n) is 10.4. The normalized spacial score (nSPS) is 11.9. The highest BCUT2D eigenvalue weighted by Gasteiger charge is 2.05. The number of rotatable bonds is 2. The monoisotopic (exact) mass is 241 g/mol. The highest BCUT2D eigenvalue weighted by molar-refractivity contribution is 5.79. The zero-order chi connectivity index (χ0) is 13.1. The van der Waals surface area contributed by atoms with Gasteiger partial charge in [0.1, 0.15) is 6.10 Å². The fraction of sp³-hybridized carbons (Fsp3) is 0.200. The Balaban J connectivity index is 2.53. The molecule has 3 nitrogen and oxygen atoms in total. The molecule has 3 heteroatoms. The summed E-state index contributed by atoms with van der Waals surface area (Å²) in [7, 11) is 0. The van der Waals surface area contributed by atoms with Gasteiger partial charge in [0.15, 0.2) is 0 Å². The van der Waals surface area contributed by atoms with Gasteiger partial charge in [-0.05, 0) is 55.1 Å². The summed E-state index contributed by atoms with van der Waals surface area (Å²) >= 11 is 0. The molecule has 1 aromatic carbocycles. The molecular formula is C15H15NO2. The molecule has 0 aliphatic heterocycles. The molecule has 0 spiro atoms. The van der Waals surface area contributed by atoms with E-state index in [4.69, 9.17) is 0 Å². The summed E-state index contributed by atoms with van der Waals surface area (Å²) in [6.07, 6.45) is 2.66. The van der Waals surface area contributed by atoms with Crippen molar-refractivity contribution >= 4 is 10.9 Å². The number of aliphatic hydroxyl groups is 1. The molecular weight excluding hydrogens is 226 g/mol. The van der Waals surface area contributed by atoms with E-state index in [9.17, 15) is 9.90 Å². The predicted molar refractivity (Wildman–Crippen MR) is 72.6 cm³/mol. The van der Waals surface area contributed by atoms with Crippen LogP contribution in [0.1, 0.15) is 24.2 Å². The number of aryl methyl sites for hydroxylation is 1. The molecule has 1 aromatic heterocycles. The maximum absolute atomic E-state index is 11.5. The van der Waals surface area contributed by atoms with Crippen LogP contribution in [0, 0.1) is 6.92 Å². The number of aromatic amines is 1. The van der Waals surface area contributed by atoms with Crippen LogP contribution in [0.25, 0.3) is 10.9 Å². The Labute approximate surface area is 105 Å². The Morgan fingerprint density at radius 3 is 2.89 bits per heavy atom. The van der Waals surface area contributed by atoms with E-state index in [0.717, 1.165) is 16.5 Å². The van der Waals surface area contributed by atoms with Gasteiger partial charge in [-0.15, -0.1) is 5.73 Å². The second kappa shape index (κ2) is 5.05. The number of benzene rings is 1. The first-order chi connectivity index (χ1) is 8.61. The fourth-order valence-corrected chi connectivity index (χ4v) is 1.80. The lowest BCUT2D eigenvalue weighted by atomic mass is 10.1. The summed E-state index contributed by atoms with van der Waals surface area (Å²) in [5, 5.41) is 10.8. The molecule has 1 heterocycles. The number of hydrogen-bond donors (Lipinski definition) is 2. The first kappa shape index (κ1) is 12.4. The van der Waals surface area contributed by atoms with Gasteiger partial charge < -0.3 is 10.1 Å². The smallest absolute Gasteiger partial charge is 0.251 e. The summed E-state index contributed by atoms with van der Waals surface area (Å²) < 4.78 is 0. The molecule has 2 N–H and O–H groups in total. The van der Waals surface area contributed by atoms with Crippen LogP contribution in [0.4, 0.5) is 0 Å². The molecule has 2 rings (SSSR count). The molecule has 18 heavy (non-hydrogen) atoms. The lowest BCUT2D eigenvalue weighted by Crippen LogP contribution is -2.08. The molecule has 2 aromatic rings. The van der Waals surface area contributed by atoms with Crippen molar-refractivity contribution in [3.8, 4) is 0 Å². The van der Waals surface area contributed by atoms with Gasteiger partial charge in [-0.2, -0.15) is 0 Å². The molecule has 1 atom stereocenters. The summed E-state index contributed by atoms with van der Waals surface area (Å²) in [5.41, 5.74) is 5.00. The van der Waals surface area contributed by atoms with E-state index in [-0.39, 0.29) is 5.56 Å². The molecule has 92 valence electrons. The molecule has 0 bridgehead atoms. The van der Waals surface area contributed by atoms with Crippen molar-refractivity contribution in [1.82, 2.24) is 4.98 Å². The van der Waals surface area contributed by atoms with Gasteiger partial charge in [0.25, 0.3) is 5.56 Å². The van der Waals surface area contributed by atoms with E-state index in [2.05, 4.69) is 10.7 Å². The number of H-pyrrole nitrogens is 1. The number of hydrogen-bond acceptors (Lipinski definition) is 2. The average Bonchev–Trinajstić information content (AvgIpc) is 2.36. The first-order valence-electron chi connectivity index (χ1n) is 5.80. The Bertz CT molecular complexity index is 691. The summed E-state index contributed by atoms with van der Waals surface area (Å²) in [4.78, 5) is 14.3. The molecule has 1 unspecified atom stereocenters. The standard InChI is InChI=1S/C15H15NO2/c1-3-4-5-14(17)11-6-7-13-12(9-11)8-10(2)15(18)16-13/h3,5-9,14,17H,1-2H3,(H,16,18). The van der Waals surface area contributed by atoms with Gasteiger partial charge in [-0.3, -0.25) is 4.79 Å². The minimum Gasteiger partial charge on any atom is -0.384 e. The van der Waals surface area contributed by atoms with E-state index >= 15 is 0 Å². The highest BCUT2D eigenvalue weighted by atomic mass is 16.3. The first-order valence-corrected chi connectivity index (χ1v) is 5.80. The van der Waals surface area contributed by atoms with Crippen molar-refractivity contribution in [2.75, 3.05) is 0 Å². The maximum Gasteiger partial charge on any atom is 0.251 e. The SMILES string of the molecule is CC=C=CC(O)c1ccc2[nH]c(=O)c(C)cc2c1. The number of aromatic nitrogens is 1. The minimum atomic E-state index is -0.683. The van der Waals surface area contributed by atoms with E-state index < -0.39 is 6.10 Å². The van der Waals surface area contributed by atoms with Gasteiger partial charge in [-0.1, -0.05) is 6.07 Å².